The first-order valence-corrected chi connectivity index (χ1v) is 5.79. The number of hydrogen-bond acceptors (Lipinski definition) is 3. The molecule has 96 valence electrons. The van der Waals surface area contributed by atoms with E-state index in [4.69, 9.17) is 0 Å². The first kappa shape index (κ1) is 12.3. The van der Waals surface area contributed by atoms with Gasteiger partial charge in [0.05, 0.1) is 0 Å². The summed E-state index contributed by atoms with van der Waals surface area (Å²) < 4.78 is 0. The van der Waals surface area contributed by atoms with Crippen LogP contribution in [-0.2, 0) is 4.79 Å². The number of hydrogen-bond donors (Lipinski definition) is 3. The second-order valence-corrected chi connectivity index (χ2v) is 4.48. The molecule has 0 bridgehead atoms. The average molecular weight is 250 g/mol. The summed E-state index contributed by atoms with van der Waals surface area (Å²) >= 11 is 0. The van der Waals surface area contributed by atoms with Crippen LogP contribution in [0, 0.1) is 0 Å². The topological polar surface area (TPSA) is 99.3 Å². The molecule has 1 saturated carbocycles. The van der Waals surface area contributed by atoms with Crippen LogP contribution < -0.4 is 10.9 Å². The minimum absolute atomic E-state index is 0.0787. The molecule has 0 radical (unpaired) electrons. The van der Waals surface area contributed by atoms with E-state index in [0.717, 1.165) is 12.8 Å². The second kappa shape index (κ2) is 4.64. The third-order valence-electron chi connectivity index (χ3n) is 3.23. The van der Waals surface area contributed by atoms with Crippen LogP contribution in [0.5, 0.6) is 0 Å². The van der Waals surface area contributed by atoms with Gasteiger partial charge in [0.1, 0.15) is 11.2 Å². The number of carboxylic acids is 1. The van der Waals surface area contributed by atoms with Crippen LogP contribution in [0.4, 0.5) is 0 Å². The van der Waals surface area contributed by atoms with Gasteiger partial charge >= 0.3 is 5.97 Å². The van der Waals surface area contributed by atoms with Crippen LogP contribution in [0.2, 0.25) is 0 Å². The van der Waals surface area contributed by atoms with Crippen molar-refractivity contribution in [3.8, 4) is 0 Å². The maximum absolute atomic E-state index is 11.9. The molecule has 1 heterocycles. The zero-order valence-corrected chi connectivity index (χ0v) is 9.73. The molecule has 2 rings (SSSR count). The fourth-order valence-electron chi connectivity index (χ4n) is 2.24. The van der Waals surface area contributed by atoms with Crippen LogP contribution in [0.3, 0.4) is 0 Å². The molecule has 0 aliphatic heterocycles. The summed E-state index contributed by atoms with van der Waals surface area (Å²) in [5, 5.41) is 11.8. The van der Waals surface area contributed by atoms with Gasteiger partial charge in [0.2, 0.25) is 5.56 Å². The molecule has 1 aliphatic rings. The molecule has 0 spiro atoms. The van der Waals surface area contributed by atoms with Crippen molar-refractivity contribution in [1.82, 2.24) is 10.3 Å². The Kier molecular flexibility index (Phi) is 3.18. The Labute approximate surface area is 103 Å². The Balaban J connectivity index is 2.20. The number of carbonyl (C=O) groups is 2. The molecule has 1 aliphatic carbocycles. The lowest BCUT2D eigenvalue weighted by Crippen LogP contribution is -2.52. The molecular weight excluding hydrogens is 236 g/mol. The van der Waals surface area contributed by atoms with E-state index in [0.29, 0.717) is 12.8 Å². The lowest BCUT2D eigenvalue weighted by Gasteiger charge is -2.25. The Morgan fingerprint density at radius 2 is 1.94 bits per heavy atom. The molecule has 6 nitrogen and oxygen atoms in total. The standard InChI is InChI=1S/C12H14N2O4/c15-9-5-3-4-8(13-9)10(16)14-12(11(17)18)6-1-2-7-12/h3-5H,1-2,6-7H2,(H,13,15)(H,14,16)(H,17,18). The Hall–Kier alpha value is -2.11. The van der Waals surface area contributed by atoms with Gasteiger partial charge in [0.25, 0.3) is 5.91 Å². The van der Waals surface area contributed by atoms with Crippen molar-refractivity contribution in [1.29, 1.82) is 0 Å². The van der Waals surface area contributed by atoms with Crippen molar-refractivity contribution < 1.29 is 14.7 Å². The molecule has 1 amide bonds. The largest absolute Gasteiger partial charge is 0.480 e. The van der Waals surface area contributed by atoms with Gasteiger partial charge in [0.15, 0.2) is 0 Å². The molecule has 18 heavy (non-hydrogen) atoms. The number of carbonyl (C=O) groups excluding carboxylic acids is 1. The van der Waals surface area contributed by atoms with E-state index in [-0.39, 0.29) is 5.69 Å². The highest BCUT2D eigenvalue weighted by atomic mass is 16.4. The fraction of sp³-hybridized carbons (Fsp3) is 0.417. The van der Waals surface area contributed by atoms with E-state index in [1.165, 1.54) is 18.2 Å². The van der Waals surface area contributed by atoms with E-state index in [1.54, 1.807) is 0 Å². The maximum atomic E-state index is 11.9. The Bertz CT molecular complexity index is 529. The van der Waals surface area contributed by atoms with E-state index in [9.17, 15) is 19.5 Å². The summed E-state index contributed by atoms with van der Waals surface area (Å²) in [5.74, 6) is -1.58. The highest BCUT2D eigenvalue weighted by Crippen LogP contribution is 2.30. The summed E-state index contributed by atoms with van der Waals surface area (Å²) in [6.45, 7) is 0. The molecular formula is C12H14N2O4. The van der Waals surface area contributed by atoms with Crippen molar-refractivity contribution in [2.24, 2.45) is 0 Å². The van der Waals surface area contributed by atoms with Crippen molar-refractivity contribution in [2.45, 2.75) is 31.2 Å². The van der Waals surface area contributed by atoms with Gasteiger partial charge in [-0.15, -0.1) is 0 Å². The van der Waals surface area contributed by atoms with E-state index in [2.05, 4.69) is 10.3 Å². The second-order valence-electron chi connectivity index (χ2n) is 4.48. The maximum Gasteiger partial charge on any atom is 0.329 e. The van der Waals surface area contributed by atoms with Crippen LogP contribution >= 0.6 is 0 Å². The van der Waals surface area contributed by atoms with Crippen molar-refractivity contribution in [3.63, 3.8) is 0 Å². The number of pyridine rings is 1. The third kappa shape index (κ3) is 2.27. The van der Waals surface area contributed by atoms with Gasteiger partial charge in [-0.1, -0.05) is 18.9 Å². The number of carboxylic acid groups (broad SMARTS) is 1. The van der Waals surface area contributed by atoms with Crippen molar-refractivity contribution in [3.05, 3.63) is 34.2 Å². The molecule has 0 atom stereocenters. The Morgan fingerprint density at radius 1 is 1.28 bits per heavy atom. The van der Waals surface area contributed by atoms with E-state index in [1.807, 2.05) is 0 Å². The van der Waals surface area contributed by atoms with Gasteiger partial charge in [0, 0.05) is 6.07 Å². The SMILES string of the molecule is O=C(NC1(C(=O)O)CCCC1)c1cccc(=O)[nH]1. The van der Waals surface area contributed by atoms with Gasteiger partial charge in [-0.05, 0) is 18.9 Å². The summed E-state index contributed by atoms with van der Waals surface area (Å²) in [6.07, 6.45) is 2.39. The highest BCUT2D eigenvalue weighted by molar-refractivity contribution is 5.96. The predicted octanol–water partition coefficient (Wildman–Crippen LogP) is 0.502. The minimum Gasteiger partial charge on any atom is -0.480 e. The van der Waals surface area contributed by atoms with Crippen molar-refractivity contribution in [2.75, 3.05) is 0 Å². The number of nitrogens with one attached hydrogen (secondary N) is 2. The number of aromatic amines is 1. The molecule has 0 unspecified atom stereocenters. The van der Waals surface area contributed by atoms with Gasteiger partial charge in [-0.3, -0.25) is 9.59 Å². The van der Waals surface area contributed by atoms with Gasteiger partial charge in [-0.2, -0.15) is 0 Å². The summed E-state index contributed by atoms with van der Waals surface area (Å²) in [5.41, 5.74) is -1.50. The predicted molar refractivity (Wildman–Crippen MR) is 63.4 cm³/mol. The van der Waals surface area contributed by atoms with Crippen LogP contribution in [0.15, 0.2) is 23.0 Å². The number of H-pyrrole nitrogens is 1. The number of rotatable bonds is 3. The number of aromatic nitrogens is 1. The Morgan fingerprint density at radius 3 is 2.50 bits per heavy atom. The highest BCUT2D eigenvalue weighted by Gasteiger charge is 2.42. The zero-order valence-electron chi connectivity index (χ0n) is 9.73. The molecule has 0 aromatic carbocycles. The summed E-state index contributed by atoms with van der Waals surface area (Å²) in [7, 11) is 0. The monoisotopic (exact) mass is 250 g/mol. The first-order chi connectivity index (χ1) is 8.53. The zero-order chi connectivity index (χ0) is 13.2. The lowest BCUT2D eigenvalue weighted by atomic mass is 9.97. The quantitative estimate of drug-likeness (QED) is 0.727. The van der Waals surface area contributed by atoms with Crippen LogP contribution in [0.1, 0.15) is 36.2 Å². The smallest absolute Gasteiger partial charge is 0.329 e. The lowest BCUT2D eigenvalue weighted by molar-refractivity contribution is -0.144. The van der Waals surface area contributed by atoms with E-state index >= 15 is 0 Å². The molecule has 1 fully saturated rings. The fourth-order valence-corrected chi connectivity index (χ4v) is 2.24. The molecule has 6 heteroatoms. The van der Waals surface area contributed by atoms with Gasteiger partial charge < -0.3 is 15.4 Å². The molecule has 1 aromatic rings. The molecule has 3 N–H and O–H groups in total. The van der Waals surface area contributed by atoms with Crippen molar-refractivity contribution >= 4 is 11.9 Å². The normalized spacial score (nSPS) is 17.3. The molecule has 1 aromatic heterocycles. The summed E-state index contributed by atoms with van der Waals surface area (Å²) in [4.78, 5) is 36.7. The van der Waals surface area contributed by atoms with E-state index < -0.39 is 23.0 Å². The van der Waals surface area contributed by atoms with Crippen LogP contribution in [-0.4, -0.2) is 27.5 Å². The van der Waals surface area contributed by atoms with Crippen LogP contribution in [0.25, 0.3) is 0 Å². The number of amides is 1. The number of aliphatic carboxylic acids is 1. The summed E-state index contributed by atoms with van der Waals surface area (Å²) in [6, 6.07) is 4.19. The minimum atomic E-state index is -1.19. The van der Waals surface area contributed by atoms with Gasteiger partial charge in [-0.25, -0.2) is 4.79 Å². The first-order valence-electron chi connectivity index (χ1n) is 5.79. The third-order valence-corrected chi connectivity index (χ3v) is 3.23. The molecule has 0 saturated heterocycles. The average Bonchev–Trinajstić information content (AvgIpc) is 2.79.